The van der Waals surface area contributed by atoms with Gasteiger partial charge in [0, 0.05) is 5.92 Å². The van der Waals surface area contributed by atoms with E-state index in [4.69, 9.17) is 0 Å². The summed E-state index contributed by atoms with van der Waals surface area (Å²) >= 11 is 0. The maximum absolute atomic E-state index is 11.5. The molecule has 1 aromatic rings. The van der Waals surface area contributed by atoms with Crippen molar-refractivity contribution in [2.45, 2.75) is 26.3 Å². The molecule has 1 unspecified atom stereocenters. The summed E-state index contributed by atoms with van der Waals surface area (Å²) in [6, 6.07) is 0. The molecular formula is C9H14N4O. The number of rotatable bonds is 4. The molecule has 0 bridgehead atoms. The van der Waals surface area contributed by atoms with Crippen LogP contribution < -0.4 is 5.32 Å². The van der Waals surface area contributed by atoms with E-state index in [2.05, 4.69) is 20.5 Å². The van der Waals surface area contributed by atoms with Crippen molar-refractivity contribution in [2.75, 3.05) is 0 Å². The monoisotopic (exact) mass is 194 g/mol. The largest absolute Gasteiger partial charge is 0.349 e. The molecule has 0 spiro atoms. The number of H-pyrrole nitrogens is 1. The van der Waals surface area contributed by atoms with Gasteiger partial charge in [-0.05, 0) is 18.8 Å². The van der Waals surface area contributed by atoms with Crippen LogP contribution in [0.2, 0.25) is 0 Å². The Morgan fingerprint density at radius 2 is 2.57 bits per heavy atom. The molecule has 5 heteroatoms. The quantitative estimate of drug-likeness (QED) is 0.731. The van der Waals surface area contributed by atoms with Crippen molar-refractivity contribution < 1.29 is 4.79 Å². The van der Waals surface area contributed by atoms with Gasteiger partial charge >= 0.3 is 0 Å². The molecule has 14 heavy (non-hydrogen) atoms. The second-order valence-corrected chi connectivity index (χ2v) is 3.78. The molecule has 1 heterocycles. The normalized spacial score (nSPS) is 17.8. The van der Waals surface area contributed by atoms with Gasteiger partial charge in [-0.3, -0.25) is 9.89 Å². The number of hydrogen-bond donors (Lipinski definition) is 2. The van der Waals surface area contributed by atoms with Crippen molar-refractivity contribution >= 4 is 5.91 Å². The van der Waals surface area contributed by atoms with Gasteiger partial charge in [0.25, 0.3) is 0 Å². The van der Waals surface area contributed by atoms with Crippen LogP contribution >= 0.6 is 0 Å². The molecule has 0 saturated heterocycles. The van der Waals surface area contributed by atoms with Crippen molar-refractivity contribution in [3.63, 3.8) is 0 Å². The number of nitrogens with one attached hydrogen (secondary N) is 2. The van der Waals surface area contributed by atoms with Crippen LogP contribution in [0.4, 0.5) is 0 Å². The number of amides is 1. The van der Waals surface area contributed by atoms with E-state index in [0.29, 0.717) is 18.3 Å². The van der Waals surface area contributed by atoms with E-state index in [9.17, 15) is 4.79 Å². The van der Waals surface area contributed by atoms with Crippen LogP contribution in [0.25, 0.3) is 0 Å². The Bertz CT molecular complexity index is 305. The zero-order valence-corrected chi connectivity index (χ0v) is 8.16. The summed E-state index contributed by atoms with van der Waals surface area (Å²) in [6.45, 7) is 2.42. The summed E-state index contributed by atoms with van der Waals surface area (Å²) < 4.78 is 0. The highest BCUT2D eigenvalue weighted by atomic mass is 16.1. The maximum atomic E-state index is 11.5. The van der Waals surface area contributed by atoms with Gasteiger partial charge in [-0.25, -0.2) is 4.98 Å². The van der Waals surface area contributed by atoms with E-state index >= 15 is 0 Å². The molecule has 1 amide bonds. The average Bonchev–Trinajstić information content (AvgIpc) is 2.91. The van der Waals surface area contributed by atoms with Crippen LogP contribution in [0.3, 0.4) is 0 Å². The summed E-state index contributed by atoms with van der Waals surface area (Å²) in [5.41, 5.74) is 0. The van der Waals surface area contributed by atoms with E-state index in [-0.39, 0.29) is 11.8 Å². The SMILES string of the molecule is CC(C(=O)NCc1ncn[nH]1)C1CC1. The Labute approximate surface area is 82.3 Å². The van der Waals surface area contributed by atoms with E-state index < -0.39 is 0 Å². The van der Waals surface area contributed by atoms with Gasteiger partial charge in [0.15, 0.2) is 0 Å². The molecule has 1 atom stereocenters. The lowest BCUT2D eigenvalue weighted by atomic mass is 10.1. The van der Waals surface area contributed by atoms with Crippen LogP contribution in [0.15, 0.2) is 6.33 Å². The van der Waals surface area contributed by atoms with Crippen LogP contribution in [-0.2, 0) is 11.3 Å². The molecule has 1 aliphatic rings. The molecule has 0 aromatic carbocycles. The third kappa shape index (κ3) is 2.10. The molecule has 1 fully saturated rings. The number of carbonyl (C=O) groups excluding carboxylic acids is 1. The zero-order chi connectivity index (χ0) is 9.97. The van der Waals surface area contributed by atoms with E-state index in [0.717, 1.165) is 0 Å². The van der Waals surface area contributed by atoms with E-state index in [1.54, 1.807) is 0 Å². The summed E-state index contributed by atoms with van der Waals surface area (Å²) in [4.78, 5) is 15.5. The highest BCUT2D eigenvalue weighted by Gasteiger charge is 2.32. The molecule has 5 nitrogen and oxygen atoms in total. The molecule has 1 saturated carbocycles. The molecule has 1 aromatic heterocycles. The first kappa shape index (κ1) is 9.18. The lowest BCUT2D eigenvalue weighted by Crippen LogP contribution is -2.30. The minimum Gasteiger partial charge on any atom is -0.349 e. The topological polar surface area (TPSA) is 70.7 Å². The number of nitrogens with zero attached hydrogens (tertiary/aromatic N) is 2. The standard InChI is InChI=1S/C9H14N4O/c1-6(7-2-3-7)9(14)10-4-8-11-5-12-13-8/h5-7H,2-4H2,1H3,(H,10,14)(H,11,12,13). The second-order valence-electron chi connectivity index (χ2n) is 3.78. The van der Waals surface area contributed by atoms with Crippen LogP contribution in [0.5, 0.6) is 0 Å². The van der Waals surface area contributed by atoms with E-state index in [1.165, 1.54) is 19.2 Å². The van der Waals surface area contributed by atoms with Crippen LogP contribution in [-0.4, -0.2) is 21.1 Å². The fraction of sp³-hybridized carbons (Fsp3) is 0.667. The predicted octanol–water partition coefficient (Wildman–Crippen LogP) is 0.467. The first-order valence-electron chi connectivity index (χ1n) is 4.89. The summed E-state index contributed by atoms with van der Waals surface area (Å²) in [5, 5.41) is 9.24. The molecule has 2 rings (SSSR count). The van der Waals surface area contributed by atoms with Gasteiger partial charge in [0.1, 0.15) is 12.2 Å². The number of carbonyl (C=O) groups is 1. The number of aromatic amines is 1. The number of aromatic nitrogens is 3. The fourth-order valence-electron chi connectivity index (χ4n) is 1.46. The van der Waals surface area contributed by atoms with Gasteiger partial charge in [-0.2, -0.15) is 5.10 Å². The molecule has 2 N–H and O–H groups in total. The molecule has 0 aliphatic heterocycles. The Balaban J connectivity index is 1.77. The van der Waals surface area contributed by atoms with Gasteiger partial charge < -0.3 is 5.32 Å². The average molecular weight is 194 g/mol. The molecule has 1 aliphatic carbocycles. The van der Waals surface area contributed by atoms with Crippen LogP contribution in [0.1, 0.15) is 25.6 Å². The lowest BCUT2D eigenvalue weighted by Gasteiger charge is -2.09. The molecular weight excluding hydrogens is 180 g/mol. The Hall–Kier alpha value is -1.39. The summed E-state index contributed by atoms with van der Waals surface area (Å²) in [6.07, 6.45) is 3.82. The zero-order valence-electron chi connectivity index (χ0n) is 8.16. The van der Waals surface area contributed by atoms with Gasteiger partial charge in [0.2, 0.25) is 5.91 Å². The molecule has 76 valence electrons. The fourth-order valence-corrected chi connectivity index (χ4v) is 1.46. The summed E-state index contributed by atoms with van der Waals surface area (Å²) in [7, 11) is 0. The highest BCUT2D eigenvalue weighted by molar-refractivity contribution is 5.78. The van der Waals surface area contributed by atoms with Gasteiger partial charge in [-0.1, -0.05) is 6.92 Å². The van der Waals surface area contributed by atoms with Crippen molar-refractivity contribution in [1.82, 2.24) is 20.5 Å². The Morgan fingerprint density at radius 1 is 1.79 bits per heavy atom. The van der Waals surface area contributed by atoms with E-state index in [1.807, 2.05) is 6.92 Å². The lowest BCUT2D eigenvalue weighted by molar-refractivity contribution is -0.125. The minimum absolute atomic E-state index is 0.115. The highest BCUT2D eigenvalue weighted by Crippen LogP contribution is 2.36. The third-order valence-corrected chi connectivity index (χ3v) is 2.64. The maximum Gasteiger partial charge on any atom is 0.223 e. The molecule has 0 radical (unpaired) electrons. The van der Waals surface area contributed by atoms with Gasteiger partial charge in [0.05, 0.1) is 6.54 Å². The first-order valence-corrected chi connectivity index (χ1v) is 4.89. The second kappa shape index (κ2) is 3.77. The van der Waals surface area contributed by atoms with Crippen molar-refractivity contribution in [3.05, 3.63) is 12.2 Å². The first-order chi connectivity index (χ1) is 6.77. The Morgan fingerprint density at radius 3 is 3.14 bits per heavy atom. The Kier molecular flexibility index (Phi) is 2.47. The van der Waals surface area contributed by atoms with Crippen molar-refractivity contribution in [3.8, 4) is 0 Å². The van der Waals surface area contributed by atoms with Crippen molar-refractivity contribution in [2.24, 2.45) is 11.8 Å². The van der Waals surface area contributed by atoms with Crippen molar-refractivity contribution in [1.29, 1.82) is 0 Å². The third-order valence-electron chi connectivity index (χ3n) is 2.64. The van der Waals surface area contributed by atoms with Gasteiger partial charge in [-0.15, -0.1) is 0 Å². The summed E-state index contributed by atoms with van der Waals surface area (Å²) in [5.74, 6) is 1.55. The smallest absolute Gasteiger partial charge is 0.223 e. The predicted molar refractivity (Wildman–Crippen MR) is 50.1 cm³/mol. The van der Waals surface area contributed by atoms with Crippen LogP contribution in [0, 0.1) is 11.8 Å². The number of hydrogen-bond acceptors (Lipinski definition) is 3. The minimum atomic E-state index is 0.115.